The summed E-state index contributed by atoms with van der Waals surface area (Å²) in [5.41, 5.74) is 3.09. The fraction of sp³-hybridized carbons (Fsp3) is 0.760. The van der Waals surface area contributed by atoms with Gasteiger partial charge in [-0.3, -0.25) is 0 Å². The van der Waals surface area contributed by atoms with E-state index in [9.17, 15) is 20.4 Å². The minimum Gasteiger partial charge on any atom is -0.504 e. The topological polar surface area (TPSA) is 99.4 Å². The Morgan fingerprint density at radius 1 is 1.10 bits per heavy atom. The average molecular weight is 435 g/mol. The van der Waals surface area contributed by atoms with Crippen molar-refractivity contribution in [3.63, 3.8) is 0 Å². The Labute approximate surface area is 185 Å². The van der Waals surface area contributed by atoms with Gasteiger partial charge < -0.3 is 29.9 Å². The van der Waals surface area contributed by atoms with Gasteiger partial charge in [-0.15, -0.1) is 0 Å². The predicted octanol–water partition coefficient (Wildman–Crippen LogP) is 3.36. The van der Waals surface area contributed by atoms with Gasteiger partial charge in [0.15, 0.2) is 11.5 Å². The van der Waals surface area contributed by atoms with Crippen LogP contribution in [0.3, 0.4) is 0 Å². The van der Waals surface area contributed by atoms with Crippen LogP contribution in [0.15, 0.2) is 6.07 Å². The van der Waals surface area contributed by atoms with Crippen LogP contribution in [0.5, 0.6) is 11.5 Å². The number of hydrogen-bond acceptors (Lipinski definition) is 6. The summed E-state index contributed by atoms with van der Waals surface area (Å²) in [5.74, 6) is 1.03. The molecule has 0 amide bonds. The molecule has 0 aromatic heterocycles. The molecule has 6 unspecified atom stereocenters. The first-order chi connectivity index (χ1) is 14.5. The number of aromatic hydroxyl groups is 1. The molecule has 0 radical (unpaired) electrons. The van der Waals surface area contributed by atoms with Gasteiger partial charge in [0.2, 0.25) is 6.29 Å². The normalized spacial score (nSPS) is 37.3. The van der Waals surface area contributed by atoms with Crippen LogP contribution in [-0.2, 0) is 16.6 Å². The average Bonchev–Trinajstić information content (AvgIpc) is 2.68. The lowest BCUT2D eigenvalue weighted by molar-refractivity contribution is -0.242. The molecule has 6 atom stereocenters. The van der Waals surface area contributed by atoms with Crippen LogP contribution in [0, 0.1) is 11.3 Å². The molecule has 1 aliphatic heterocycles. The summed E-state index contributed by atoms with van der Waals surface area (Å²) < 4.78 is 11.5. The zero-order chi connectivity index (χ0) is 22.7. The Balaban J connectivity index is 1.79. The molecule has 6 nitrogen and oxygen atoms in total. The molecular formula is C25H38O6. The maximum absolute atomic E-state index is 11.6. The van der Waals surface area contributed by atoms with Crippen molar-refractivity contribution >= 4 is 0 Å². The SMILES string of the molecule is CC(C)c1cc2c(c(O)c1OC1OCC(O)C(O)C1O)C1(C)CCCC(C)(C)C1CC2. The first-order valence-corrected chi connectivity index (χ1v) is 11.7. The first kappa shape index (κ1) is 22.8. The lowest BCUT2D eigenvalue weighted by Crippen LogP contribution is -2.54. The van der Waals surface area contributed by atoms with Gasteiger partial charge in [0, 0.05) is 11.1 Å². The summed E-state index contributed by atoms with van der Waals surface area (Å²) in [6, 6.07) is 2.15. The van der Waals surface area contributed by atoms with Gasteiger partial charge in [-0.05, 0) is 53.9 Å². The molecule has 31 heavy (non-hydrogen) atoms. The number of ether oxygens (including phenoxy) is 2. The molecule has 0 spiro atoms. The zero-order valence-electron chi connectivity index (χ0n) is 19.4. The van der Waals surface area contributed by atoms with E-state index < -0.39 is 24.6 Å². The summed E-state index contributed by atoms with van der Waals surface area (Å²) in [6.45, 7) is 10.9. The largest absolute Gasteiger partial charge is 0.504 e. The summed E-state index contributed by atoms with van der Waals surface area (Å²) in [7, 11) is 0. The molecule has 3 aliphatic rings. The Kier molecular flexibility index (Phi) is 5.83. The number of benzene rings is 1. The summed E-state index contributed by atoms with van der Waals surface area (Å²) >= 11 is 0. The van der Waals surface area contributed by atoms with Gasteiger partial charge in [-0.1, -0.05) is 47.1 Å². The van der Waals surface area contributed by atoms with Crippen LogP contribution in [0.1, 0.15) is 82.9 Å². The Morgan fingerprint density at radius 2 is 1.81 bits per heavy atom. The van der Waals surface area contributed by atoms with Crippen molar-refractivity contribution in [1.82, 2.24) is 0 Å². The number of aliphatic hydroxyl groups excluding tert-OH is 3. The summed E-state index contributed by atoms with van der Waals surface area (Å²) in [6.07, 6.45) is 0.292. The van der Waals surface area contributed by atoms with E-state index >= 15 is 0 Å². The van der Waals surface area contributed by atoms with Crippen LogP contribution < -0.4 is 4.74 Å². The minimum absolute atomic E-state index is 0.0933. The molecular weight excluding hydrogens is 396 g/mol. The molecule has 1 heterocycles. The molecule has 1 aromatic rings. The Hall–Kier alpha value is -1.34. The third-order valence-electron chi connectivity index (χ3n) is 8.18. The van der Waals surface area contributed by atoms with Crippen molar-refractivity contribution in [2.75, 3.05) is 6.61 Å². The van der Waals surface area contributed by atoms with E-state index in [4.69, 9.17) is 9.47 Å². The number of hydrogen-bond donors (Lipinski definition) is 4. The van der Waals surface area contributed by atoms with E-state index in [1.54, 1.807) is 0 Å². The molecule has 2 fully saturated rings. The van der Waals surface area contributed by atoms with E-state index in [2.05, 4.69) is 26.8 Å². The van der Waals surface area contributed by atoms with Crippen LogP contribution >= 0.6 is 0 Å². The van der Waals surface area contributed by atoms with Crippen LogP contribution in [0.4, 0.5) is 0 Å². The highest BCUT2D eigenvalue weighted by molar-refractivity contribution is 5.60. The van der Waals surface area contributed by atoms with Gasteiger partial charge in [0.25, 0.3) is 0 Å². The predicted molar refractivity (Wildman–Crippen MR) is 117 cm³/mol. The highest BCUT2D eigenvalue weighted by atomic mass is 16.7. The number of fused-ring (bicyclic) bond motifs is 3. The van der Waals surface area contributed by atoms with Crippen LogP contribution in [0.25, 0.3) is 0 Å². The van der Waals surface area contributed by atoms with Crippen molar-refractivity contribution in [3.05, 3.63) is 22.8 Å². The smallest absolute Gasteiger partial charge is 0.229 e. The van der Waals surface area contributed by atoms with Crippen molar-refractivity contribution in [3.8, 4) is 11.5 Å². The molecule has 1 saturated carbocycles. The van der Waals surface area contributed by atoms with E-state index in [-0.39, 0.29) is 29.1 Å². The van der Waals surface area contributed by atoms with Crippen LogP contribution in [0.2, 0.25) is 0 Å². The molecule has 1 aromatic carbocycles. The van der Waals surface area contributed by atoms with Crippen molar-refractivity contribution in [2.45, 2.75) is 103 Å². The third kappa shape index (κ3) is 3.65. The quantitative estimate of drug-likeness (QED) is 0.582. The molecule has 1 saturated heterocycles. The number of rotatable bonds is 3. The lowest BCUT2D eigenvalue weighted by Gasteiger charge is -2.54. The fourth-order valence-corrected chi connectivity index (χ4v) is 6.54. The van der Waals surface area contributed by atoms with Gasteiger partial charge >= 0.3 is 0 Å². The molecule has 2 aliphatic carbocycles. The second-order valence-electron chi connectivity index (χ2n) is 11.1. The Morgan fingerprint density at radius 3 is 2.48 bits per heavy atom. The lowest BCUT2D eigenvalue weighted by atomic mass is 9.50. The standard InChI is InChI=1S/C25H38O6/c1-13(2)15-11-14-7-8-17-24(3,4)9-6-10-25(17,5)18(14)20(28)22(15)31-23-21(29)19(27)16(26)12-30-23/h11,13,16-17,19,21,23,26-29H,6-10,12H2,1-5H3. The highest BCUT2D eigenvalue weighted by Crippen LogP contribution is 2.60. The first-order valence-electron chi connectivity index (χ1n) is 11.7. The second kappa shape index (κ2) is 7.91. The van der Waals surface area contributed by atoms with Gasteiger partial charge in [0.1, 0.15) is 18.3 Å². The molecule has 0 bridgehead atoms. The van der Waals surface area contributed by atoms with E-state index in [1.807, 2.05) is 13.8 Å². The number of phenolic OH excluding ortho intramolecular Hbond substituents is 1. The van der Waals surface area contributed by atoms with E-state index in [0.29, 0.717) is 11.7 Å². The highest BCUT2D eigenvalue weighted by Gasteiger charge is 2.51. The van der Waals surface area contributed by atoms with E-state index in [0.717, 1.165) is 36.8 Å². The van der Waals surface area contributed by atoms with Crippen molar-refractivity contribution in [1.29, 1.82) is 0 Å². The van der Waals surface area contributed by atoms with Gasteiger partial charge in [-0.25, -0.2) is 0 Å². The third-order valence-corrected chi connectivity index (χ3v) is 8.18. The molecule has 6 heteroatoms. The number of aryl methyl sites for hydroxylation is 1. The maximum atomic E-state index is 11.6. The van der Waals surface area contributed by atoms with Crippen molar-refractivity contribution < 1.29 is 29.9 Å². The maximum Gasteiger partial charge on any atom is 0.229 e. The molecule has 4 rings (SSSR count). The number of phenols is 1. The Bertz CT molecular complexity index is 834. The molecule has 4 N–H and O–H groups in total. The fourth-order valence-electron chi connectivity index (χ4n) is 6.54. The van der Waals surface area contributed by atoms with Crippen molar-refractivity contribution in [2.24, 2.45) is 11.3 Å². The number of aliphatic hydroxyl groups is 3. The monoisotopic (exact) mass is 434 g/mol. The molecule has 174 valence electrons. The summed E-state index contributed by atoms with van der Waals surface area (Å²) in [4.78, 5) is 0. The van der Waals surface area contributed by atoms with Crippen LogP contribution in [-0.4, -0.2) is 51.6 Å². The summed E-state index contributed by atoms with van der Waals surface area (Å²) in [5, 5.41) is 41.8. The van der Waals surface area contributed by atoms with E-state index in [1.165, 1.54) is 12.0 Å². The minimum atomic E-state index is -1.41. The van der Waals surface area contributed by atoms with Gasteiger partial charge in [-0.2, -0.15) is 0 Å². The second-order valence-corrected chi connectivity index (χ2v) is 11.1. The zero-order valence-corrected chi connectivity index (χ0v) is 19.4. The van der Waals surface area contributed by atoms with Gasteiger partial charge in [0.05, 0.1) is 6.61 Å².